The van der Waals surface area contributed by atoms with Crippen molar-refractivity contribution in [2.75, 3.05) is 26.2 Å². The van der Waals surface area contributed by atoms with Crippen molar-refractivity contribution < 1.29 is 63.0 Å². The molecule has 0 radical (unpaired) electrons. The van der Waals surface area contributed by atoms with E-state index < -0.39 is 144 Å². The van der Waals surface area contributed by atoms with Gasteiger partial charge in [0.2, 0.25) is 65.0 Å². The molecule has 11 amide bonds. The number of nitrogens with two attached hydrogens (primary N) is 4. The van der Waals surface area contributed by atoms with Crippen LogP contribution in [0, 0.1) is 11.8 Å². The highest BCUT2D eigenvalue weighted by Gasteiger charge is 2.40. The van der Waals surface area contributed by atoms with Crippen molar-refractivity contribution in [3.63, 3.8) is 0 Å². The molecule has 0 aromatic rings. The zero-order valence-corrected chi connectivity index (χ0v) is 40.4. The average molecular weight is 983 g/mol. The molecule has 69 heavy (non-hydrogen) atoms. The van der Waals surface area contributed by atoms with Gasteiger partial charge >= 0.3 is 0 Å². The Morgan fingerprint density at radius 3 is 1.70 bits per heavy atom. The molecular weight excluding hydrogens is 909 g/mol. The molecule has 0 aromatic carbocycles. The number of amides is 11. The molecule has 0 spiro atoms. The van der Waals surface area contributed by atoms with Crippen LogP contribution in [0.3, 0.4) is 0 Å². The molecule has 1 saturated heterocycles. The molecule has 1 rings (SSSR count). The van der Waals surface area contributed by atoms with Crippen LogP contribution in [-0.4, -0.2) is 167 Å². The van der Waals surface area contributed by atoms with Crippen molar-refractivity contribution >= 4 is 70.9 Å². The first-order valence-electron chi connectivity index (χ1n) is 22.9. The third-order valence-electron chi connectivity index (χ3n) is 11.5. The van der Waals surface area contributed by atoms with Crippen LogP contribution >= 0.6 is 0 Å². The number of carbonyl (C=O) groups is 11. The molecule has 27 heteroatoms. The summed E-state index contributed by atoms with van der Waals surface area (Å²) in [5.41, 5.74) is 21.5. The van der Waals surface area contributed by atoms with Crippen LogP contribution in [0.15, 0.2) is 4.99 Å². The maximum atomic E-state index is 14.1. The van der Waals surface area contributed by atoms with E-state index >= 15 is 0 Å². The van der Waals surface area contributed by atoms with Crippen LogP contribution in [0.1, 0.15) is 99.8 Å². The molecule has 1 fully saturated rings. The van der Waals surface area contributed by atoms with Crippen molar-refractivity contribution in [3.05, 3.63) is 0 Å². The van der Waals surface area contributed by atoms with Gasteiger partial charge in [-0.3, -0.25) is 57.7 Å². The largest absolute Gasteiger partial charge is 0.394 e. The molecule has 1 heterocycles. The van der Waals surface area contributed by atoms with Crippen molar-refractivity contribution in [2.24, 2.45) is 39.8 Å². The topological polar surface area (TPSA) is 444 Å². The number of nitrogens with zero attached hydrogens (tertiary/aromatic N) is 2. The Morgan fingerprint density at radius 1 is 0.681 bits per heavy atom. The number of rotatable bonds is 30. The van der Waals surface area contributed by atoms with Crippen molar-refractivity contribution in [1.29, 1.82) is 0 Å². The van der Waals surface area contributed by atoms with Crippen LogP contribution in [0.5, 0.6) is 0 Å². The molecule has 1 aliphatic heterocycles. The summed E-state index contributed by atoms with van der Waals surface area (Å²) in [6, 6.07) is -11.0. The Morgan fingerprint density at radius 2 is 1.20 bits per heavy atom. The van der Waals surface area contributed by atoms with E-state index in [0.717, 1.165) is 6.92 Å². The van der Waals surface area contributed by atoms with Gasteiger partial charge in [-0.1, -0.05) is 40.5 Å². The fourth-order valence-corrected chi connectivity index (χ4v) is 6.93. The maximum absolute atomic E-state index is 14.1. The summed E-state index contributed by atoms with van der Waals surface area (Å²) in [7, 11) is 0. The number of aliphatic hydroxyl groups is 2. The molecule has 1 aliphatic rings. The molecule has 0 aromatic heterocycles. The minimum atomic E-state index is -1.79. The molecule has 27 nitrogen and oxygen atoms in total. The summed E-state index contributed by atoms with van der Waals surface area (Å²) >= 11 is 0. The third kappa shape index (κ3) is 20.6. The van der Waals surface area contributed by atoms with E-state index in [9.17, 15) is 63.0 Å². The Bertz CT molecular complexity index is 1860. The first-order chi connectivity index (χ1) is 32.3. The van der Waals surface area contributed by atoms with E-state index in [1.54, 1.807) is 27.7 Å². The van der Waals surface area contributed by atoms with Gasteiger partial charge in [0.25, 0.3) is 0 Å². The van der Waals surface area contributed by atoms with E-state index in [4.69, 9.17) is 22.9 Å². The summed E-state index contributed by atoms with van der Waals surface area (Å²) in [6.07, 6.45) is -0.767. The number of nitrogens with one attached hydrogen (secondary N) is 8. The van der Waals surface area contributed by atoms with Gasteiger partial charge in [0.05, 0.1) is 19.3 Å². The van der Waals surface area contributed by atoms with E-state index in [1.165, 1.54) is 18.7 Å². The normalized spacial score (nSPS) is 17.5. The number of carbonyl (C=O) groups excluding carboxylic acids is 11. The first-order valence-corrected chi connectivity index (χ1v) is 22.9. The highest BCUT2D eigenvalue weighted by atomic mass is 16.3. The lowest BCUT2D eigenvalue weighted by Crippen LogP contribution is -2.63. The minimum Gasteiger partial charge on any atom is -0.394 e. The van der Waals surface area contributed by atoms with E-state index in [-0.39, 0.29) is 51.2 Å². The fourth-order valence-electron chi connectivity index (χ4n) is 6.93. The van der Waals surface area contributed by atoms with Gasteiger partial charge in [0.1, 0.15) is 48.3 Å². The molecule has 390 valence electrons. The summed E-state index contributed by atoms with van der Waals surface area (Å²) in [4.78, 5) is 148. The highest BCUT2D eigenvalue weighted by molar-refractivity contribution is 5.98. The quantitative estimate of drug-likeness (QED) is 0.0181. The highest BCUT2D eigenvalue weighted by Crippen LogP contribution is 2.21. The fraction of sp³-hybridized carbons (Fsp3) is 0.714. The summed E-state index contributed by atoms with van der Waals surface area (Å²) in [6.45, 7) is 9.03. The Balaban J connectivity index is 3.34. The third-order valence-corrected chi connectivity index (χ3v) is 11.5. The van der Waals surface area contributed by atoms with Gasteiger partial charge in [-0.05, 0) is 57.8 Å². The maximum Gasteiger partial charge on any atom is 0.245 e. The van der Waals surface area contributed by atoms with Crippen molar-refractivity contribution in [2.45, 2.75) is 154 Å². The van der Waals surface area contributed by atoms with Gasteiger partial charge in [-0.2, -0.15) is 0 Å². The lowest BCUT2D eigenvalue weighted by Gasteiger charge is -2.32. The Kier molecular flexibility index (Phi) is 26.2. The number of guanidine groups is 1. The number of primary amides is 2. The molecule has 0 bridgehead atoms. The Hall–Kier alpha value is -6.64. The first kappa shape index (κ1) is 60.4. The standard InChI is InChI=1S/C42H74N14O13/c1-8-20(3)31(38(66)51-26(12-10-16-47-42(45)46)41(69)56-17-11-13-28(56)37(65)49-22(5)34(44)62)54-36(64)27(19-57)52-40(68)33(23(6)58)55-39(67)32(21(4)9-2)53-35(63)25(14-15-29(43)60)50-30(61)18-48-24(7)59/h20-23,25-28,31-33,57-58H,8-19H2,1-7H3,(H2,43,60)(H2,44,62)(H,48,59)(H,49,65)(H,50,61)(H,51,66)(H,52,68)(H,53,63)(H,54,64)(H,55,67)(H4,45,46,47)/t20-,21-,22+,23+,25-,26-,27-,28-,31-,32+,33-/m0/s1. The van der Waals surface area contributed by atoms with E-state index in [0.29, 0.717) is 19.3 Å². The van der Waals surface area contributed by atoms with Crippen LogP contribution in [0.4, 0.5) is 0 Å². The second-order valence-electron chi connectivity index (χ2n) is 17.1. The molecule has 18 N–H and O–H groups in total. The molecule has 0 unspecified atom stereocenters. The predicted octanol–water partition coefficient (Wildman–Crippen LogP) is -6.20. The van der Waals surface area contributed by atoms with Gasteiger partial charge < -0.3 is 80.6 Å². The van der Waals surface area contributed by atoms with Gasteiger partial charge in [-0.25, -0.2) is 0 Å². The van der Waals surface area contributed by atoms with Crippen LogP contribution in [0.2, 0.25) is 0 Å². The lowest BCUT2D eigenvalue weighted by molar-refractivity contribution is -0.142. The smallest absolute Gasteiger partial charge is 0.245 e. The minimum absolute atomic E-state index is 0.0131. The second-order valence-corrected chi connectivity index (χ2v) is 17.1. The second kappa shape index (κ2) is 30.0. The molecule has 0 aliphatic carbocycles. The number of aliphatic hydroxyl groups excluding tert-OH is 2. The SMILES string of the molecule is CC[C@H](C)[C@H](NC(=O)[C@H](CO)NC(=O)[C@@H](NC(=O)[C@H](NC(=O)[C@H](CCC(N)=O)NC(=O)CNC(C)=O)[C@@H](C)CC)[C@@H](C)O)C(=O)N[C@@H](CCCN=C(N)N)C(=O)N1CCC[C@H]1C(=O)N[C@H](C)C(N)=O. The zero-order valence-electron chi connectivity index (χ0n) is 40.4. The van der Waals surface area contributed by atoms with Crippen LogP contribution < -0.4 is 65.5 Å². The monoisotopic (exact) mass is 983 g/mol. The van der Waals surface area contributed by atoms with Crippen LogP contribution in [0.25, 0.3) is 0 Å². The summed E-state index contributed by atoms with van der Waals surface area (Å²) < 4.78 is 0. The molecule has 11 atom stereocenters. The van der Waals surface area contributed by atoms with Crippen LogP contribution in [-0.2, 0) is 52.7 Å². The predicted molar refractivity (Wildman–Crippen MR) is 248 cm³/mol. The van der Waals surface area contributed by atoms with Gasteiger partial charge in [0, 0.05) is 26.4 Å². The number of likely N-dealkylation sites (tertiary alicyclic amines) is 1. The Labute approximate surface area is 400 Å². The van der Waals surface area contributed by atoms with Gasteiger partial charge in [-0.15, -0.1) is 0 Å². The van der Waals surface area contributed by atoms with Crippen molar-refractivity contribution in [3.8, 4) is 0 Å². The summed E-state index contributed by atoms with van der Waals surface area (Å²) in [5.74, 6) is -10.5. The summed E-state index contributed by atoms with van der Waals surface area (Å²) in [5, 5.41) is 40.4. The zero-order chi connectivity index (χ0) is 52.7. The van der Waals surface area contributed by atoms with Gasteiger partial charge in [0.15, 0.2) is 5.96 Å². The van der Waals surface area contributed by atoms with E-state index in [2.05, 4.69) is 47.5 Å². The number of aliphatic imine (C=N–C) groups is 1. The average Bonchev–Trinajstić information content (AvgIpc) is 3.79. The molecular formula is C42H74N14O13. The lowest BCUT2D eigenvalue weighted by atomic mass is 9.96. The molecule has 0 saturated carbocycles. The number of hydrogen-bond donors (Lipinski definition) is 14. The van der Waals surface area contributed by atoms with E-state index in [1.807, 2.05) is 0 Å². The number of hydrogen-bond acceptors (Lipinski definition) is 14. The van der Waals surface area contributed by atoms with Crippen molar-refractivity contribution in [1.82, 2.24) is 47.4 Å².